The summed E-state index contributed by atoms with van der Waals surface area (Å²) in [5, 5.41) is 3.53. The van der Waals surface area contributed by atoms with Crippen LogP contribution in [0.1, 0.15) is 78.1 Å². The Morgan fingerprint density at radius 3 is 2.44 bits per heavy atom. The average molecular weight is 254 g/mol. The molecule has 3 heteroatoms. The van der Waals surface area contributed by atoms with Gasteiger partial charge in [0.15, 0.2) is 0 Å². The van der Waals surface area contributed by atoms with E-state index in [0.717, 1.165) is 12.8 Å². The fraction of sp³-hybridized carbons (Fsp3) is 0.933. The van der Waals surface area contributed by atoms with Crippen LogP contribution in [0.15, 0.2) is 0 Å². The molecular formula is C15H30N2O. The largest absolute Gasteiger partial charge is 0.368 e. The number of nitrogens with one attached hydrogen (secondary N) is 1. The van der Waals surface area contributed by atoms with E-state index in [1.54, 1.807) is 0 Å². The number of unbranched alkanes of at least 4 members (excludes halogenated alkanes) is 3. The molecule has 1 aliphatic rings. The van der Waals surface area contributed by atoms with E-state index in [4.69, 9.17) is 5.73 Å². The second kappa shape index (κ2) is 7.78. The van der Waals surface area contributed by atoms with Crippen LogP contribution >= 0.6 is 0 Å². The van der Waals surface area contributed by atoms with Crippen molar-refractivity contribution >= 4 is 5.91 Å². The summed E-state index contributed by atoms with van der Waals surface area (Å²) in [5.41, 5.74) is 5.10. The van der Waals surface area contributed by atoms with Crippen molar-refractivity contribution in [2.45, 2.75) is 89.6 Å². The van der Waals surface area contributed by atoms with E-state index >= 15 is 0 Å². The normalized spacial score (nSPS) is 20.6. The molecule has 1 atom stereocenters. The summed E-state index contributed by atoms with van der Waals surface area (Å²) < 4.78 is 0. The molecule has 0 aromatic heterocycles. The first-order valence-electron chi connectivity index (χ1n) is 7.66. The number of primary amides is 1. The molecule has 0 spiro atoms. The van der Waals surface area contributed by atoms with E-state index < -0.39 is 5.54 Å². The van der Waals surface area contributed by atoms with Gasteiger partial charge in [-0.15, -0.1) is 0 Å². The maximum atomic E-state index is 11.7. The molecule has 0 aromatic carbocycles. The molecule has 106 valence electrons. The lowest BCUT2D eigenvalue weighted by molar-refractivity contribution is -0.124. The first-order valence-corrected chi connectivity index (χ1v) is 7.66. The zero-order valence-electron chi connectivity index (χ0n) is 12.1. The van der Waals surface area contributed by atoms with Crippen molar-refractivity contribution < 1.29 is 4.79 Å². The Kier molecular flexibility index (Phi) is 6.69. The Morgan fingerprint density at radius 2 is 1.89 bits per heavy atom. The lowest BCUT2D eigenvalue weighted by Gasteiger charge is -2.34. The Labute approximate surface area is 112 Å². The first-order chi connectivity index (χ1) is 8.58. The van der Waals surface area contributed by atoms with Crippen molar-refractivity contribution in [1.29, 1.82) is 0 Å². The third-order valence-electron chi connectivity index (χ3n) is 4.20. The van der Waals surface area contributed by atoms with Gasteiger partial charge >= 0.3 is 0 Å². The number of nitrogens with two attached hydrogens (primary N) is 1. The maximum Gasteiger partial charge on any atom is 0.237 e. The van der Waals surface area contributed by atoms with E-state index in [1.807, 2.05) is 6.92 Å². The molecule has 1 saturated carbocycles. The van der Waals surface area contributed by atoms with E-state index in [2.05, 4.69) is 12.2 Å². The lowest BCUT2D eigenvalue weighted by Crippen LogP contribution is -2.57. The first kappa shape index (κ1) is 15.5. The van der Waals surface area contributed by atoms with E-state index in [-0.39, 0.29) is 5.91 Å². The minimum absolute atomic E-state index is 0.190. The number of rotatable bonds is 8. The number of hydrogen-bond acceptors (Lipinski definition) is 2. The summed E-state index contributed by atoms with van der Waals surface area (Å²) in [6.07, 6.45) is 11.9. The lowest BCUT2D eigenvalue weighted by atomic mass is 9.88. The molecule has 1 fully saturated rings. The quantitative estimate of drug-likeness (QED) is 0.654. The van der Waals surface area contributed by atoms with Crippen LogP contribution in [0.3, 0.4) is 0 Å². The Balaban J connectivity index is 2.42. The van der Waals surface area contributed by atoms with Crippen LogP contribution in [0.2, 0.25) is 0 Å². The fourth-order valence-electron chi connectivity index (χ4n) is 2.87. The van der Waals surface area contributed by atoms with Gasteiger partial charge in [0.25, 0.3) is 0 Å². The van der Waals surface area contributed by atoms with Crippen LogP contribution in [0, 0.1) is 0 Å². The summed E-state index contributed by atoms with van der Waals surface area (Å²) >= 11 is 0. The predicted octanol–water partition coefficient (Wildman–Crippen LogP) is 3.12. The molecule has 3 nitrogen and oxygen atoms in total. The highest BCUT2D eigenvalue weighted by atomic mass is 16.1. The second-order valence-electron chi connectivity index (χ2n) is 5.99. The zero-order chi connectivity index (χ0) is 13.4. The molecule has 0 saturated heterocycles. The van der Waals surface area contributed by atoms with Crippen LogP contribution in [0.5, 0.6) is 0 Å². The molecule has 0 aliphatic heterocycles. The second-order valence-corrected chi connectivity index (χ2v) is 5.99. The molecule has 0 radical (unpaired) electrons. The molecule has 1 amide bonds. The molecule has 3 N–H and O–H groups in total. The SMILES string of the molecule is CCCCCCC(C)(NC1CCCCC1)C(N)=O. The van der Waals surface area contributed by atoms with Gasteiger partial charge in [-0.1, -0.05) is 51.9 Å². The van der Waals surface area contributed by atoms with Gasteiger partial charge in [0.05, 0.1) is 5.54 Å². The Bertz CT molecular complexity index is 249. The molecule has 1 aliphatic carbocycles. The van der Waals surface area contributed by atoms with Crippen LogP contribution in [-0.4, -0.2) is 17.5 Å². The van der Waals surface area contributed by atoms with E-state index in [0.29, 0.717) is 6.04 Å². The predicted molar refractivity (Wildman–Crippen MR) is 76.4 cm³/mol. The molecule has 1 unspecified atom stereocenters. The fourth-order valence-corrected chi connectivity index (χ4v) is 2.87. The Hall–Kier alpha value is -0.570. The Morgan fingerprint density at radius 1 is 1.22 bits per heavy atom. The van der Waals surface area contributed by atoms with Crippen molar-refractivity contribution in [2.24, 2.45) is 5.73 Å². The van der Waals surface area contributed by atoms with Gasteiger partial charge in [-0.3, -0.25) is 4.79 Å². The highest BCUT2D eigenvalue weighted by Gasteiger charge is 2.32. The van der Waals surface area contributed by atoms with Gasteiger partial charge in [0.2, 0.25) is 5.91 Å². The zero-order valence-corrected chi connectivity index (χ0v) is 12.1. The highest BCUT2D eigenvalue weighted by Crippen LogP contribution is 2.22. The standard InChI is InChI=1S/C15H30N2O/c1-3-4-5-9-12-15(2,14(16)18)17-13-10-7-6-8-11-13/h13,17H,3-12H2,1-2H3,(H2,16,18). The maximum absolute atomic E-state index is 11.7. The molecule has 0 bridgehead atoms. The number of carbonyl (C=O) groups excluding carboxylic acids is 1. The molecule has 18 heavy (non-hydrogen) atoms. The van der Waals surface area contributed by atoms with Gasteiger partial charge in [-0.2, -0.15) is 0 Å². The number of carbonyl (C=O) groups is 1. The third kappa shape index (κ3) is 4.97. The van der Waals surface area contributed by atoms with E-state index in [1.165, 1.54) is 51.4 Å². The van der Waals surface area contributed by atoms with Crippen LogP contribution < -0.4 is 11.1 Å². The summed E-state index contributed by atoms with van der Waals surface area (Å²) in [4.78, 5) is 11.7. The molecule has 0 heterocycles. The minimum atomic E-state index is -0.504. The minimum Gasteiger partial charge on any atom is -0.368 e. The summed E-state index contributed by atoms with van der Waals surface area (Å²) in [6, 6.07) is 0.488. The monoisotopic (exact) mass is 254 g/mol. The van der Waals surface area contributed by atoms with Gasteiger partial charge in [-0.05, 0) is 26.2 Å². The molecule has 1 rings (SSSR count). The topological polar surface area (TPSA) is 55.1 Å². The van der Waals surface area contributed by atoms with Crippen LogP contribution in [0.4, 0.5) is 0 Å². The van der Waals surface area contributed by atoms with Gasteiger partial charge < -0.3 is 11.1 Å². The van der Waals surface area contributed by atoms with E-state index in [9.17, 15) is 4.79 Å². The van der Waals surface area contributed by atoms with Gasteiger partial charge in [-0.25, -0.2) is 0 Å². The highest BCUT2D eigenvalue weighted by molar-refractivity contribution is 5.84. The summed E-state index contributed by atoms with van der Waals surface area (Å²) in [6.45, 7) is 4.18. The number of amides is 1. The number of hydrogen-bond donors (Lipinski definition) is 2. The summed E-state index contributed by atoms with van der Waals surface area (Å²) in [7, 11) is 0. The average Bonchev–Trinajstić information content (AvgIpc) is 2.36. The van der Waals surface area contributed by atoms with Gasteiger partial charge in [0, 0.05) is 6.04 Å². The molecular weight excluding hydrogens is 224 g/mol. The summed E-state index contributed by atoms with van der Waals surface area (Å²) in [5.74, 6) is -0.190. The van der Waals surface area contributed by atoms with Crippen LogP contribution in [-0.2, 0) is 4.79 Å². The third-order valence-corrected chi connectivity index (χ3v) is 4.20. The smallest absolute Gasteiger partial charge is 0.237 e. The molecule has 0 aromatic rings. The van der Waals surface area contributed by atoms with Crippen molar-refractivity contribution in [3.8, 4) is 0 Å². The van der Waals surface area contributed by atoms with Gasteiger partial charge in [0.1, 0.15) is 0 Å². The van der Waals surface area contributed by atoms with Crippen molar-refractivity contribution in [2.75, 3.05) is 0 Å². The van der Waals surface area contributed by atoms with Crippen molar-refractivity contribution in [3.63, 3.8) is 0 Å². The van der Waals surface area contributed by atoms with Crippen LogP contribution in [0.25, 0.3) is 0 Å². The van der Waals surface area contributed by atoms with Crippen molar-refractivity contribution in [1.82, 2.24) is 5.32 Å². The van der Waals surface area contributed by atoms with Crippen molar-refractivity contribution in [3.05, 3.63) is 0 Å².